The van der Waals surface area contributed by atoms with E-state index in [2.05, 4.69) is 15.3 Å². The summed E-state index contributed by atoms with van der Waals surface area (Å²) in [5, 5.41) is 5.30. The zero-order chi connectivity index (χ0) is 14.6. The first-order valence-electron chi connectivity index (χ1n) is 6.50. The number of hydrogen-bond donors (Lipinski definition) is 2. The molecule has 0 fully saturated rings. The van der Waals surface area contributed by atoms with Crippen molar-refractivity contribution in [3.05, 3.63) is 28.7 Å². The average molecular weight is 292 g/mol. The van der Waals surface area contributed by atoms with E-state index >= 15 is 0 Å². The molecule has 0 radical (unpaired) electrons. The van der Waals surface area contributed by atoms with Gasteiger partial charge in [0.05, 0.1) is 16.9 Å². The Morgan fingerprint density at radius 2 is 2.15 bits per heavy atom. The monoisotopic (exact) mass is 292 g/mol. The fourth-order valence-corrected chi connectivity index (χ4v) is 2.19. The maximum absolute atomic E-state index is 5.88. The molecule has 20 heavy (non-hydrogen) atoms. The van der Waals surface area contributed by atoms with Gasteiger partial charge in [-0.15, -0.1) is 11.3 Å². The van der Waals surface area contributed by atoms with Crippen LogP contribution in [-0.4, -0.2) is 22.1 Å². The van der Waals surface area contributed by atoms with Gasteiger partial charge in [-0.05, 0) is 32.9 Å². The van der Waals surface area contributed by atoms with Crippen molar-refractivity contribution >= 4 is 22.8 Å². The van der Waals surface area contributed by atoms with Crippen molar-refractivity contribution in [2.75, 3.05) is 17.6 Å². The third kappa shape index (κ3) is 4.38. The van der Waals surface area contributed by atoms with E-state index in [0.29, 0.717) is 11.6 Å². The van der Waals surface area contributed by atoms with E-state index in [1.807, 2.05) is 37.7 Å². The fraction of sp³-hybridized carbons (Fsp3) is 0.429. The number of ether oxygens (including phenoxy) is 1. The van der Waals surface area contributed by atoms with Crippen molar-refractivity contribution in [3.8, 4) is 5.88 Å². The van der Waals surface area contributed by atoms with Crippen molar-refractivity contribution in [2.45, 2.75) is 32.8 Å². The molecule has 0 aliphatic heterocycles. The molecular weight excluding hydrogens is 272 g/mol. The van der Waals surface area contributed by atoms with Crippen LogP contribution in [0.5, 0.6) is 5.88 Å². The number of pyridine rings is 1. The Hall–Kier alpha value is -1.82. The molecule has 108 valence electrons. The van der Waals surface area contributed by atoms with Crippen molar-refractivity contribution in [1.29, 1.82) is 0 Å². The number of nitrogens with one attached hydrogen (secondary N) is 1. The fourth-order valence-electron chi connectivity index (χ4n) is 1.60. The highest BCUT2D eigenvalue weighted by Gasteiger charge is 2.15. The number of nitrogens with two attached hydrogens (primary N) is 1. The average Bonchev–Trinajstić information content (AvgIpc) is 2.84. The van der Waals surface area contributed by atoms with Crippen LogP contribution >= 0.6 is 11.3 Å². The Labute approximate surface area is 123 Å². The molecule has 0 bridgehead atoms. The number of anilines is 2. The zero-order valence-electron chi connectivity index (χ0n) is 12.0. The minimum atomic E-state index is -0.319. The summed E-state index contributed by atoms with van der Waals surface area (Å²) in [6.45, 7) is 6.68. The van der Waals surface area contributed by atoms with E-state index in [1.165, 1.54) is 0 Å². The summed E-state index contributed by atoms with van der Waals surface area (Å²) in [6, 6.07) is 3.66. The van der Waals surface area contributed by atoms with E-state index < -0.39 is 0 Å². The number of aromatic nitrogens is 2. The normalized spacial score (nSPS) is 11.3. The molecule has 0 aliphatic carbocycles. The lowest BCUT2D eigenvalue weighted by molar-refractivity contribution is 0.125. The second kappa shape index (κ2) is 6.09. The lowest BCUT2D eigenvalue weighted by Crippen LogP contribution is -2.24. The van der Waals surface area contributed by atoms with E-state index in [0.717, 1.165) is 24.5 Å². The second-order valence-corrected chi connectivity index (χ2v) is 6.18. The van der Waals surface area contributed by atoms with Gasteiger partial charge in [-0.25, -0.2) is 4.98 Å². The first-order valence-corrected chi connectivity index (χ1v) is 7.45. The van der Waals surface area contributed by atoms with Gasteiger partial charge in [-0.1, -0.05) is 0 Å². The van der Waals surface area contributed by atoms with E-state index in [1.54, 1.807) is 17.4 Å². The maximum Gasteiger partial charge on any atom is 0.239 e. The highest BCUT2D eigenvalue weighted by Crippen LogP contribution is 2.24. The molecule has 2 aromatic rings. The third-order valence-corrected chi connectivity index (χ3v) is 3.10. The van der Waals surface area contributed by atoms with Crippen LogP contribution in [0.3, 0.4) is 0 Å². The van der Waals surface area contributed by atoms with Crippen LogP contribution < -0.4 is 15.8 Å². The molecule has 0 spiro atoms. The Balaban J connectivity index is 1.96. The van der Waals surface area contributed by atoms with E-state index in [9.17, 15) is 0 Å². The molecule has 0 saturated heterocycles. The topological polar surface area (TPSA) is 73.1 Å². The molecule has 6 heteroatoms. The maximum atomic E-state index is 5.88. The van der Waals surface area contributed by atoms with Gasteiger partial charge in [0.1, 0.15) is 11.4 Å². The van der Waals surface area contributed by atoms with Gasteiger partial charge in [0, 0.05) is 18.3 Å². The first-order chi connectivity index (χ1) is 9.44. The standard InChI is InChI=1S/C14H20N4OS/c1-14(2,3)19-13-11(15)4-5-12(18-13)16-7-6-10-8-20-9-17-10/h4-5,8-9H,6-7,15H2,1-3H3,(H,16,18). The molecule has 2 rings (SSSR count). The summed E-state index contributed by atoms with van der Waals surface area (Å²) in [4.78, 5) is 8.64. The minimum absolute atomic E-state index is 0.319. The van der Waals surface area contributed by atoms with Crippen LogP contribution in [0.25, 0.3) is 0 Å². The van der Waals surface area contributed by atoms with Crippen molar-refractivity contribution in [1.82, 2.24) is 9.97 Å². The molecule has 0 amide bonds. The summed E-state index contributed by atoms with van der Waals surface area (Å²) in [6.07, 6.45) is 0.866. The molecule has 0 unspecified atom stereocenters. The quantitative estimate of drug-likeness (QED) is 0.886. The summed E-state index contributed by atoms with van der Waals surface area (Å²) in [5.74, 6) is 1.23. The number of thiazole rings is 1. The zero-order valence-corrected chi connectivity index (χ0v) is 12.8. The van der Waals surface area contributed by atoms with Crippen molar-refractivity contribution < 1.29 is 4.74 Å². The first kappa shape index (κ1) is 14.6. The predicted molar refractivity (Wildman–Crippen MR) is 83.3 cm³/mol. The predicted octanol–water partition coefficient (Wildman–Crippen LogP) is 2.95. The molecule has 2 aromatic heterocycles. The van der Waals surface area contributed by atoms with Crippen LogP contribution in [0.1, 0.15) is 26.5 Å². The lowest BCUT2D eigenvalue weighted by Gasteiger charge is -2.21. The van der Waals surface area contributed by atoms with Crippen molar-refractivity contribution in [2.24, 2.45) is 0 Å². The summed E-state index contributed by atoms with van der Waals surface area (Å²) in [5.41, 5.74) is 9.03. The Morgan fingerprint density at radius 3 is 2.80 bits per heavy atom. The highest BCUT2D eigenvalue weighted by molar-refractivity contribution is 7.07. The number of hydrogen-bond acceptors (Lipinski definition) is 6. The minimum Gasteiger partial charge on any atom is -0.470 e. The number of nitrogen functional groups attached to an aromatic ring is 1. The van der Waals surface area contributed by atoms with Gasteiger partial charge in [0.2, 0.25) is 5.88 Å². The van der Waals surface area contributed by atoms with Crippen LogP contribution in [0.15, 0.2) is 23.0 Å². The third-order valence-electron chi connectivity index (χ3n) is 2.46. The van der Waals surface area contributed by atoms with Crippen LogP contribution in [0.4, 0.5) is 11.5 Å². The van der Waals surface area contributed by atoms with Gasteiger partial charge in [0.25, 0.3) is 0 Å². The smallest absolute Gasteiger partial charge is 0.239 e. The molecule has 5 nitrogen and oxygen atoms in total. The Morgan fingerprint density at radius 1 is 1.35 bits per heavy atom. The summed E-state index contributed by atoms with van der Waals surface area (Å²) >= 11 is 1.61. The number of nitrogens with zero attached hydrogens (tertiary/aromatic N) is 2. The van der Waals surface area contributed by atoms with Crippen LogP contribution in [-0.2, 0) is 6.42 Å². The summed E-state index contributed by atoms with van der Waals surface area (Å²) < 4.78 is 5.74. The van der Waals surface area contributed by atoms with Gasteiger partial charge < -0.3 is 15.8 Å². The lowest BCUT2D eigenvalue weighted by atomic mass is 10.2. The molecule has 0 aromatic carbocycles. The Bertz CT molecular complexity index is 549. The molecule has 2 heterocycles. The molecule has 0 saturated carbocycles. The van der Waals surface area contributed by atoms with Gasteiger partial charge in [-0.2, -0.15) is 4.98 Å². The second-order valence-electron chi connectivity index (χ2n) is 5.46. The molecule has 0 aliphatic rings. The van der Waals surface area contributed by atoms with Crippen LogP contribution in [0, 0.1) is 0 Å². The van der Waals surface area contributed by atoms with Gasteiger partial charge in [-0.3, -0.25) is 0 Å². The largest absolute Gasteiger partial charge is 0.470 e. The van der Waals surface area contributed by atoms with E-state index in [-0.39, 0.29) is 5.60 Å². The highest BCUT2D eigenvalue weighted by atomic mass is 32.1. The molecular formula is C14H20N4OS. The van der Waals surface area contributed by atoms with Crippen LogP contribution in [0.2, 0.25) is 0 Å². The molecule has 0 atom stereocenters. The summed E-state index contributed by atoms with van der Waals surface area (Å²) in [7, 11) is 0. The Kier molecular flexibility index (Phi) is 4.44. The number of rotatable bonds is 5. The SMILES string of the molecule is CC(C)(C)Oc1nc(NCCc2cscn2)ccc1N. The van der Waals surface area contributed by atoms with Gasteiger partial charge in [0.15, 0.2) is 0 Å². The van der Waals surface area contributed by atoms with Gasteiger partial charge >= 0.3 is 0 Å². The van der Waals surface area contributed by atoms with Crippen molar-refractivity contribution in [3.63, 3.8) is 0 Å². The van der Waals surface area contributed by atoms with E-state index in [4.69, 9.17) is 10.5 Å². The molecule has 3 N–H and O–H groups in total.